The van der Waals surface area contributed by atoms with Crippen molar-refractivity contribution in [2.24, 2.45) is 0 Å². The summed E-state index contributed by atoms with van der Waals surface area (Å²) >= 11 is 0. The van der Waals surface area contributed by atoms with Crippen molar-refractivity contribution in [3.63, 3.8) is 0 Å². The van der Waals surface area contributed by atoms with Crippen molar-refractivity contribution < 1.29 is 39.9 Å². The second-order valence-corrected chi connectivity index (χ2v) is 4.10. The maximum absolute atomic E-state index is 11.7. The Hall–Kier alpha value is -2.71. The molecule has 5 N–H and O–H groups in total. The van der Waals surface area contributed by atoms with Crippen LogP contribution in [-0.4, -0.2) is 55.0 Å². The van der Waals surface area contributed by atoms with Gasteiger partial charge in [0.1, 0.15) is 5.75 Å². The summed E-state index contributed by atoms with van der Waals surface area (Å²) in [5, 5.41) is 45.3. The van der Waals surface area contributed by atoms with Gasteiger partial charge in [0.2, 0.25) is 5.78 Å². The lowest BCUT2D eigenvalue weighted by Gasteiger charge is -2.22. The number of aliphatic hydroxyl groups excluding tert-OH is 1. The molecule has 0 spiro atoms. The van der Waals surface area contributed by atoms with Crippen LogP contribution in [0, 0.1) is 0 Å². The molecule has 2 atom stereocenters. The van der Waals surface area contributed by atoms with Gasteiger partial charge in [-0.3, -0.25) is 4.79 Å². The van der Waals surface area contributed by atoms with Crippen molar-refractivity contribution in [2.45, 2.75) is 11.7 Å². The van der Waals surface area contributed by atoms with Crippen molar-refractivity contribution in [3.05, 3.63) is 35.9 Å². The van der Waals surface area contributed by atoms with Gasteiger partial charge in [0, 0.05) is 0 Å². The number of carbonyl (C=O) groups excluding carboxylic acids is 1. The third-order valence-electron chi connectivity index (χ3n) is 2.65. The minimum Gasteiger partial charge on any atom is -0.508 e. The number of aliphatic hydroxyl groups is 2. The van der Waals surface area contributed by atoms with E-state index in [1.54, 1.807) is 0 Å². The zero-order valence-corrected chi connectivity index (χ0v) is 10.5. The minimum absolute atomic E-state index is 0.0261. The molecule has 0 heterocycles. The first-order chi connectivity index (χ1) is 9.69. The van der Waals surface area contributed by atoms with Crippen LogP contribution in [-0.2, 0) is 14.4 Å². The third-order valence-corrected chi connectivity index (χ3v) is 2.65. The minimum atomic E-state index is -3.49. The Balaban J connectivity index is 3.05. The number of rotatable bonds is 6. The summed E-state index contributed by atoms with van der Waals surface area (Å²) in [6, 6.07) is 5.40. The van der Waals surface area contributed by atoms with Crippen LogP contribution >= 0.6 is 0 Å². The van der Waals surface area contributed by atoms with Gasteiger partial charge >= 0.3 is 11.9 Å². The second kappa shape index (κ2) is 6.16. The Bertz CT molecular complexity index is 589. The molecular formula is C13H12O8. The topological polar surface area (TPSA) is 152 Å². The Morgan fingerprint density at radius 1 is 1.10 bits per heavy atom. The van der Waals surface area contributed by atoms with Crippen LogP contribution in [0.2, 0.25) is 0 Å². The first-order valence-corrected chi connectivity index (χ1v) is 5.57. The Kier molecular flexibility index (Phi) is 4.79. The highest BCUT2D eigenvalue weighted by Crippen LogP contribution is 2.16. The average molecular weight is 296 g/mol. The molecule has 112 valence electrons. The number of hydrogen-bond acceptors (Lipinski definition) is 6. The van der Waals surface area contributed by atoms with Crippen LogP contribution in [0.1, 0.15) is 5.56 Å². The normalized spacial score (nSPS) is 15.3. The fraction of sp³-hybridized carbons (Fsp3) is 0.154. The third kappa shape index (κ3) is 3.44. The molecule has 2 unspecified atom stereocenters. The highest BCUT2D eigenvalue weighted by atomic mass is 16.4. The number of phenolic OH excluding ortho intramolecular Hbond substituents is 1. The summed E-state index contributed by atoms with van der Waals surface area (Å²) in [6.45, 7) is 0. The van der Waals surface area contributed by atoms with Gasteiger partial charge in [0.15, 0.2) is 6.10 Å². The molecule has 0 aliphatic heterocycles. The zero-order valence-electron chi connectivity index (χ0n) is 10.5. The lowest BCUT2D eigenvalue weighted by molar-refractivity contribution is -0.184. The number of carboxylic acids is 2. The summed E-state index contributed by atoms with van der Waals surface area (Å²) in [5.74, 6) is -5.76. The van der Waals surface area contributed by atoms with Crippen LogP contribution in [0.25, 0.3) is 6.08 Å². The van der Waals surface area contributed by atoms with Crippen LogP contribution < -0.4 is 0 Å². The van der Waals surface area contributed by atoms with E-state index in [0.717, 1.165) is 6.08 Å². The smallest absolute Gasteiger partial charge is 0.347 e. The van der Waals surface area contributed by atoms with Gasteiger partial charge in [-0.15, -0.1) is 0 Å². The number of benzene rings is 1. The molecule has 0 aliphatic rings. The van der Waals surface area contributed by atoms with E-state index in [0.29, 0.717) is 11.6 Å². The summed E-state index contributed by atoms with van der Waals surface area (Å²) < 4.78 is 0. The van der Waals surface area contributed by atoms with E-state index in [1.807, 2.05) is 0 Å². The lowest BCUT2D eigenvalue weighted by Crippen LogP contribution is -2.58. The first kappa shape index (κ1) is 16.3. The van der Waals surface area contributed by atoms with Crippen molar-refractivity contribution in [1.82, 2.24) is 0 Å². The van der Waals surface area contributed by atoms with Gasteiger partial charge in [-0.1, -0.05) is 18.2 Å². The number of hydrogen-bond donors (Lipinski definition) is 5. The molecule has 21 heavy (non-hydrogen) atoms. The van der Waals surface area contributed by atoms with E-state index in [9.17, 15) is 24.6 Å². The quantitative estimate of drug-likeness (QED) is 0.339. The van der Waals surface area contributed by atoms with Crippen LogP contribution in [0.15, 0.2) is 30.3 Å². The number of phenols is 1. The monoisotopic (exact) mass is 296 g/mol. The lowest BCUT2D eigenvalue weighted by atomic mass is 9.91. The van der Waals surface area contributed by atoms with E-state index in [-0.39, 0.29) is 5.75 Å². The largest absolute Gasteiger partial charge is 0.508 e. The molecule has 8 nitrogen and oxygen atoms in total. The zero-order chi connectivity index (χ0) is 16.2. The van der Waals surface area contributed by atoms with Crippen molar-refractivity contribution >= 4 is 23.8 Å². The molecule has 0 fully saturated rings. The maximum atomic E-state index is 11.7. The van der Waals surface area contributed by atoms with Gasteiger partial charge in [-0.2, -0.15) is 0 Å². The molecule has 0 amide bonds. The van der Waals surface area contributed by atoms with E-state index in [1.165, 1.54) is 24.3 Å². The van der Waals surface area contributed by atoms with Gasteiger partial charge in [-0.25, -0.2) is 9.59 Å². The molecule has 8 heteroatoms. The SMILES string of the molecule is O=C(O)C(O)C(O)(C(=O)O)C(=O)C=Cc1ccc(O)cc1. The molecule has 0 saturated carbocycles. The van der Waals surface area contributed by atoms with Crippen molar-refractivity contribution in [3.8, 4) is 5.75 Å². The van der Waals surface area contributed by atoms with Crippen LogP contribution in [0.5, 0.6) is 5.75 Å². The molecule has 1 aromatic rings. The summed E-state index contributed by atoms with van der Waals surface area (Å²) in [7, 11) is 0. The number of carboxylic acid groups (broad SMARTS) is 2. The number of ketones is 1. The predicted octanol–water partition coefficient (Wildman–Crippen LogP) is -0.764. The van der Waals surface area contributed by atoms with Crippen LogP contribution in [0.3, 0.4) is 0 Å². The number of aliphatic carboxylic acids is 2. The van der Waals surface area contributed by atoms with Gasteiger partial charge in [-0.05, 0) is 23.8 Å². The van der Waals surface area contributed by atoms with E-state index < -0.39 is 29.4 Å². The van der Waals surface area contributed by atoms with Gasteiger partial charge in [0.25, 0.3) is 5.60 Å². The molecular weight excluding hydrogens is 284 g/mol. The highest BCUT2D eigenvalue weighted by molar-refractivity contribution is 6.16. The first-order valence-electron chi connectivity index (χ1n) is 5.57. The average Bonchev–Trinajstić information content (AvgIpc) is 2.44. The summed E-state index contributed by atoms with van der Waals surface area (Å²) in [5.41, 5.74) is -3.10. The van der Waals surface area contributed by atoms with Gasteiger partial charge < -0.3 is 25.5 Å². The molecule has 0 saturated heterocycles. The number of aromatic hydroxyl groups is 1. The predicted molar refractivity (Wildman–Crippen MR) is 68.4 cm³/mol. The molecule has 0 radical (unpaired) electrons. The molecule has 1 aromatic carbocycles. The Labute approximate surface area is 118 Å². The van der Waals surface area contributed by atoms with Crippen molar-refractivity contribution in [1.29, 1.82) is 0 Å². The fourth-order valence-electron chi connectivity index (χ4n) is 1.42. The van der Waals surface area contributed by atoms with E-state index in [2.05, 4.69) is 0 Å². The van der Waals surface area contributed by atoms with Crippen molar-refractivity contribution in [2.75, 3.05) is 0 Å². The maximum Gasteiger partial charge on any atom is 0.347 e. The Morgan fingerprint density at radius 2 is 1.62 bits per heavy atom. The Morgan fingerprint density at radius 3 is 2.05 bits per heavy atom. The molecule has 1 rings (SSSR count). The fourth-order valence-corrected chi connectivity index (χ4v) is 1.42. The number of carbonyl (C=O) groups is 3. The summed E-state index contributed by atoms with van der Waals surface area (Å²) in [6.07, 6.45) is -1.08. The highest BCUT2D eigenvalue weighted by Gasteiger charge is 2.53. The molecule has 0 bridgehead atoms. The van der Waals surface area contributed by atoms with E-state index >= 15 is 0 Å². The molecule has 0 aliphatic carbocycles. The molecule has 0 aromatic heterocycles. The van der Waals surface area contributed by atoms with Gasteiger partial charge in [0.05, 0.1) is 0 Å². The standard InChI is InChI=1S/C13H12O8/c14-8-4-1-7(2-5-8)3-6-9(15)13(21,12(19)20)10(16)11(17)18/h1-6,10,14,16,21H,(H,17,18)(H,19,20). The van der Waals surface area contributed by atoms with Crippen LogP contribution in [0.4, 0.5) is 0 Å². The van der Waals surface area contributed by atoms with E-state index in [4.69, 9.17) is 15.3 Å². The second-order valence-electron chi connectivity index (χ2n) is 4.10. The summed E-state index contributed by atoms with van der Waals surface area (Å²) in [4.78, 5) is 33.2.